The van der Waals surface area contributed by atoms with Crippen LogP contribution in [0.1, 0.15) is 5.56 Å². The Morgan fingerprint density at radius 3 is 3.00 bits per heavy atom. The number of aliphatic imine (C=N–C) groups is 2. The number of rotatable bonds is 1. The standard InChI is InChI=1S/C10H9N3O2/c14-10(13-15)9-6-12-8-4-2-1-3-7(8)5-11-9/h1-6,9,15H,(H,13,14). The number of nitrogens with zero attached hydrogens (tertiary/aromatic N) is 2. The maximum atomic E-state index is 11.1. The SMILES string of the molecule is O=C(NO)C1C=Nc2ccccc2C=N1. The zero-order chi connectivity index (χ0) is 10.7. The Kier molecular flexibility index (Phi) is 2.55. The molecule has 76 valence electrons. The Morgan fingerprint density at radius 1 is 1.40 bits per heavy atom. The van der Waals surface area contributed by atoms with Gasteiger partial charge in [0.05, 0.1) is 5.69 Å². The molecule has 1 aliphatic rings. The third kappa shape index (κ3) is 1.92. The van der Waals surface area contributed by atoms with Crippen LogP contribution < -0.4 is 5.48 Å². The van der Waals surface area contributed by atoms with Gasteiger partial charge in [-0.1, -0.05) is 18.2 Å². The number of benzene rings is 1. The van der Waals surface area contributed by atoms with Gasteiger partial charge in [-0.05, 0) is 6.07 Å². The first-order valence-corrected chi connectivity index (χ1v) is 4.41. The van der Waals surface area contributed by atoms with E-state index >= 15 is 0 Å². The Balaban J connectivity index is 2.34. The van der Waals surface area contributed by atoms with Gasteiger partial charge in [-0.2, -0.15) is 0 Å². The fourth-order valence-electron chi connectivity index (χ4n) is 1.27. The van der Waals surface area contributed by atoms with Crippen molar-refractivity contribution in [2.75, 3.05) is 0 Å². The summed E-state index contributed by atoms with van der Waals surface area (Å²) >= 11 is 0. The van der Waals surface area contributed by atoms with E-state index in [2.05, 4.69) is 9.98 Å². The van der Waals surface area contributed by atoms with Crippen molar-refractivity contribution in [2.45, 2.75) is 6.04 Å². The lowest BCUT2D eigenvalue weighted by Gasteiger charge is -2.00. The average molecular weight is 203 g/mol. The summed E-state index contributed by atoms with van der Waals surface area (Å²) in [6, 6.07) is 6.64. The van der Waals surface area contributed by atoms with Crippen molar-refractivity contribution in [3.63, 3.8) is 0 Å². The minimum Gasteiger partial charge on any atom is -0.289 e. The smallest absolute Gasteiger partial charge is 0.273 e. The number of amides is 1. The van der Waals surface area contributed by atoms with Gasteiger partial charge in [0.15, 0.2) is 6.04 Å². The molecule has 0 bridgehead atoms. The molecule has 1 atom stereocenters. The summed E-state index contributed by atoms with van der Waals surface area (Å²) in [6.07, 6.45) is 2.97. The molecule has 1 aliphatic heterocycles. The molecule has 0 aliphatic carbocycles. The fourth-order valence-corrected chi connectivity index (χ4v) is 1.27. The van der Waals surface area contributed by atoms with Crippen LogP contribution >= 0.6 is 0 Å². The molecule has 0 saturated carbocycles. The van der Waals surface area contributed by atoms with Gasteiger partial charge in [-0.25, -0.2) is 5.48 Å². The van der Waals surface area contributed by atoms with Crippen LogP contribution in [0.4, 0.5) is 5.69 Å². The van der Waals surface area contributed by atoms with E-state index in [-0.39, 0.29) is 0 Å². The number of para-hydroxylation sites is 1. The van der Waals surface area contributed by atoms with Gasteiger partial charge >= 0.3 is 0 Å². The van der Waals surface area contributed by atoms with Crippen molar-refractivity contribution in [3.8, 4) is 0 Å². The van der Waals surface area contributed by atoms with Crippen LogP contribution in [-0.4, -0.2) is 29.6 Å². The summed E-state index contributed by atoms with van der Waals surface area (Å²) in [4.78, 5) is 19.2. The second kappa shape index (κ2) is 4.02. The third-order valence-electron chi connectivity index (χ3n) is 2.04. The normalized spacial score (nSPS) is 18.1. The molecular weight excluding hydrogens is 194 g/mol. The van der Waals surface area contributed by atoms with E-state index in [1.54, 1.807) is 11.7 Å². The number of nitrogens with one attached hydrogen (secondary N) is 1. The zero-order valence-electron chi connectivity index (χ0n) is 7.79. The second-order valence-corrected chi connectivity index (χ2v) is 3.04. The number of hydrogen-bond acceptors (Lipinski definition) is 4. The topological polar surface area (TPSA) is 74.0 Å². The van der Waals surface area contributed by atoms with Crippen LogP contribution in [0, 0.1) is 0 Å². The molecule has 1 amide bonds. The van der Waals surface area contributed by atoms with E-state index < -0.39 is 11.9 Å². The molecule has 0 fully saturated rings. The van der Waals surface area contributed by atoms with Gasteiger partial charge in [-0.15, -0.1) is 0 Å². The predicted octanol–water partition coefficient (Wildman–Crippen LogP) is 0.695. The lowest BCUT2D eigenvalue weighted by Crippen LogP contribution is -2.31. The number of hydrogen-bond donors (Lipinski definition) is 2. The van der Waals surface area contributed by atoms with Crippen molar-refractivity contribution in [2.24, 2.45) is 9.98 Å². The van der Waals surface area contributed by atoms with E-state index in [9.17, 15) is 4.79 Å². The van der Waals surface area contributed by atoms with E-state index in [4.69, 9.17) is 5.21 Å². The van der Waals surface area contributed by atoms with Crippen molar-refractivity contribution in [1.29, 1.82) is 0 Å². The van der Waals surface area contributed by atoms with Crippen LogP contribution in [0.5, 0.6) is 0 Å². The van der Waals surface area contributed by atoms with E-state index in [0.717, 1.165) is 11.3 Å². The maximum absolute atomic E-state index is 11.1. The molecule has 1 aromatic carbocycles. The average Bonchev–Trinajstić information content (AvgIpc) is 2.50. The van der Waals surface area contributed by atoms with E-state index in [1.807, 2.05) is 24.3 Å². The first-order valence-electron chi connectivity index (χ1n) is 4.41. The van der Waals surface area contributed by atoms with Gasteiger partial charge < -0.3 is 0 Å². The Morgan fingerprint density at radius 2 is 2.20 bits per heavy atom. The predicted molar refractivity (Wildman–Crippen MR) is 55.9 cm³/mol. The molecule has 1 unspecified atom stereocenters. The minimum absolute atomic E-state index is 0.595. The molecule has 5 nitrogen and oxygen atoms in total. The molecule has 0 aromatic heterocycles. The highest BCUT2D eigenvalue weighted by molar-refractivity contribution is 6.02. The van der Waals surface area contributed by atoms with Crippen molar-refractivity contribution in [3.05, 3.63) is 29.8 Å². The lowest BCUT2D eigenvalue weighted by atomic mass is 10.2. The fraction of sp³-hybridized carbons (Fsp3) is 0.100. The van der Waals surface area contributed by atoms with Crippen molar-refractivity contribution < 1.29 is 10.0 Å². The molecule has 2 rings (SSSR count). The zero-order valence-corrected chi connectivity index (χ0v) is 7.79. The lowest BCUT2D eigenvalue weighted by molar-refractivity contribution is -0.128. The first kappa shape index (κ1) is 9.54. The van der Waals surface area contributed by atoms with E-state index in [0.29, 0.717) is 0 Å². The number of fused-ring (bicyclic) bond motifs is 1. The monoisotopic (exact) mass is 203 g/mol. The quantitative estimate of drug-likeness (QED) is 0.520. The minimum atomic E-state index is -0.776. The molecule has 15 heavy (non-hydrogen) atoms. The molecule has 5 heteroatoms. The summed E-state index contributed by atoms with van der Waals surface area (Å²) in [5.41, 5.74) is 3.15. The van der Waals surface area contributed by atoms with Crippen LogP contribution in [-0.2, 0) is 4.79 Å². The van der Waals surface area contributed by atoms with Crippen molar-refractivity contribution in [1.82, 2.24) is 5.48 Å². The molecule has 0 spiro atoms. The van der Waals surface area contributed by atoms with Crippen LogP contribution in [0.2, 0.25) is 0 Å². The van der Waals surface area contributed by atoms with Crippen molar-refractivity contribution >= 4 is 24.0 Å². The van der Waals surface area contributed by atoms with Gasteiger partial charge in [0.2, 0.25) is 0 Å². The summed E-state index contributed by atoms with van der Waals surface area (Å²) in [6.45, 7) is 0. The van der Waals surface area contributed by atoms with Gasteiger partial charge in [0.25, 0.3) is 5.91 Å². The molecule has 0 radical (unpaired) electrons. The summed E-state index contributed by atoms with van der Waals surface area (Å²) in [5, 5.41) is 8.46. The maximum Gasteiger partial charge on any atom is 0.273 e. The van der Waals surface area contributed by atoms with Crippen LogP contribution in [0.15, 0.2) is 34.3 Å². The number of carbonyl (C=O) groups is 1. The summed E-state index contributed by atoms with van der Waals surface area (Å²) < 4.78 is 0. The van der Waals surface area contributed by atoms with Gasteiger partial charge in [0, 0.05) is 18.0 Å². The second-order valence-electron chi connectivity index (χ2n) is 3.04. The summed E-state index contributed by atoms with van der Waals surface area (Å²) in [7, 11) is 0. The molecule has 2 N–H and O–H groups in total. The van der Waals surface area contributed by atoms with Gasteiger partial charge in [-0.3, -0.25) is 20.0 Å². The summed E-state index contributed by atoms with van der Waals surface area (Å²) in [5.74, 6) is -0.595. The third-order valence-corrected chi connectivity index (χ3v) is 2.04. The number of hydroxylamine groups is 1. The number of carbonyl (C=O) groups excluding carboxylic acids is 1. The van der Waals surface area contributed by atoms with Gasteiger partial charge in [0.1, 0.15) is 0 Å². The first-order chi connectivity index (χ1) is 7.31. The Hall–Kier alpha value is -2.01. The highest BCUT2D eigenvalue weighted by Crippen LogP contribution is 2.18. The Labute approximate surface area is 86.1 Å². The molecule has 1 aromatic rings. The molecular formula is C10H9N3O2. The molecule has 0 saturated heterocycles. The van der Waals surface area contributed by atoms with Crippen LogP contribution in [0.3, 0.4) is 0 Å². The highest BCUT2D eigenvalue weighted by Gasteiger charge is 2.15. The van der Waals surface area contributed by atoms with Crippen LogP contribution in [0.25, 0.3) is 0 Å². The Bertz CT molecular complexity index is 407. The largest absolute Gasteiger partial charge is 0.289 e. The van der Waals surface area contributed by atoms with E-state index in [1.165, 1.54) is 6.21 Å². The molecule has 1 heterocycles. The highest BCUT2D eigenvalue weighted by atomic mass is 16.5.